The van der Waals surface area contributed by atoms with Gasteiger partial charge in [0, 0.05) is 7.05 Å². The highest BCUT2D eigenvalue weighted by Crippen LogP contribution is 2.31. The van der Waals surface area contributed by atoms with Gasteiger partial charge in [-0.25, -0.2) is 0 Å². The Labute approximate surface area is 145 Å². The summed E-state index contributed by atoms with van der Waals surface area (Å²) in [6.45, 7) is 1.05. The van der Waals surface area contributed by atoms with Crippen LogP contribution in [0.1, 0.15) is 27.7 Å². The number of fused-ring (bicyclic) bond motifs is 1. The van der Waals surface area contributed by atoms with Crippen LogP contribution < -0.4 is 0 Å². The highest BCUT2D eigenvalue weighted by atomic mass is 16.5. The van der Waals surface area contributed by atoms with E-state index in [2.05, 4.69) is 17.3 Å². The molecule has 0 spiro atoms. The van der Waals surface area contributed by atoms with Gasteiger partial charge in [-0.05, 0) is 16.7 Å². The van der Waals surface area contributed by atoms with Crippen molar-refractivity contribution < 1.29 is 14.1 Å². The number of amides is 1. The Kier molecular flexibility index (Phi) is 4.07. The van der Waals surface area contributed by atoms with Crippen LogP contribution in [0.2, 0.25) is 0 Å². The minimum Gasteiger partial charge on any atom is -0.367 e. The van der Waals surface area contributed by atoms with Gasteiger partial charge in [-0.3, -0.25) is 4.79 Å². The Hall–Kier alpha value is -2.92. The Morgan fingerprint density at radius 2 is 1.92 bits per heavy atom. The second kappa shape index (κ2) is 6.53. The number of benzene rings is 2. The molecule has 0 saturated heterocycles. The quantitative estimate of drug-likeness (QED) is 0.730. The molecule has 3 aromatic rings. The molecule has 0 radical (unpaired) electrons. The summed E-state index contributed by atoms with van der Waals surface area (Å²) in [5.74, 6) is -0.180. The van der Waals surface area contributed by atoms with Crippen LogP contribution in [0.5, 0.6) is 0 Å². The third-order valence-electron chi connectivity index (χ3n) is 4.49. The topological polar surface area (TPSA) is 55.6 Å². The van der Waals surface area contributed by atoms with Crippen molar-refractivity contribution in [2.75, 3.05) is 13.6 Å². The first-order valence-corrected chi connectivity index (χ1v) is 8.18. The lowest BCUT2D eigenvalue weighted by Gasteiger charge is -2.21. The number of likely N-dealkylation sites (N-methyl/N-ethyl adjacent to an activating group) is 1. The molecule has 0 saturated carbocycles. The molecule has 2 aromatic carbocycles. The molecule has 5 nitrogen and oxygen atoms in total. The molecule has 4 rings (SSSR count). The van der Waals surface area contributed by atoms with Crippen LogP contribution >= 0.6 is 0 Å². The summed E-state index contributed by atoms with van der Waals surface area (Å²) in [6.07, 6.45) is 1.40. The molecule has 0 fully saturated rings. The summed E-state index contributed by atoms with van der Waals surface area (Å²) in [4.78, 5) is 14.5. The standard InChI is InChI=1S/C20H18N2O3/c1-22(11-18-16-10-6-5-9-15(16)12-24-18)20(23)19-17(13-25-21-19)14-7-3-2-4-8-14/h2-10,13,18H,11-12H2,1H3. The summed E-state index contributed by atoms with van der Waals surface area (Å²) in [6, 6.07) is 17.7. The molecular weight excluding hydrogens is 316 g/mol. The molecule has 0 bridgehead atoms. The van der Waals surface area contributed by atoms with Crippen molar-refractivity contribution in [1.82, 2.24) is 10.1 Å². The molecule has 5 heteroatoms. The van der Waals surface area contributed by atoms with Crippen molar-refractivity contribution in [3.8, 4) is 11.1 Å². The van der Waals surface area contributed by atoms with Gasteiger partial charge in [-0.15, -0.1) is 0 Å². The number of hydrogen-bond acceptors (Lipinski definition) is 4. The van der Waals surface area contributed by atoms with Gasteiger partial charge < -0.3 is 14.2 Å². The van der Waals surface area contributed by atoms with E-state index in [0.717, 1.165) is 11.1 Å². The third-order valence-corrected chi connectivity index (χ3v) is 4.49. The average molecular weight is 334 g/mol. The minimum absolute atomic E-state index is 0.114. The SMILES string of the molecule is CN(CC1OCc2ccccc21)C(=O)c1nocc1-c1ccccc1. The molecule has 25 heavy (non-hydrogen) atoms. The summed E-state index contributed by atoms with van der Waals surface area (Å²) in [5, 5.41) is 3.93. The van der Waals surface area contributed by atoms with Gasteiger partial charge in [0.1, 0.15) is 12.4 Å². The van der Waals surface area contributed by atoms with Crippen molar-refractivity contribution in [2.24, 2.45) is 0 Å². The maximum Gasteiger partial charge on any atom is 0.276 e. The fourth-order valence-corrected chi connectivity index (χ4v) is 3.14. The Morgan fingerprint density at radius 3 is 2.76 bits per heavy atom. The Bertz CT molecular complexity index is 889. The Morgan fingerprint density at radius 1 is 1.16 bits per heavy atom. The summed E-state index contributed by atoms with van der Waals surface area (Å²) >= 11 is 0. The lowest BCUT2D eigenvalue weighted by Crippen LogP contribution is -2.31. The summed E-state index contributed by atoms with van der Waals surface area (Å²) in [5.41, 5.74) is 4.25. The van der Waals surface area contributed by atoms with Gasteiger partial charge in [0.25, 0.3) is 5.91 Å². The maximum absolute atomic E-state index is 12.8. The molecule has 0 N–H and O–H groups in total. The van der Waals surface area contributed by atoms with Crippen LogP contribution in [-0.2, 0) is 11.3 Å². The molecule has 1 aliphatic heterocycles. The number of rotatable bonds is 4. The fourth-order valence-electron chi connectivity index (χ4n) is 3.14. The molecular formula is C20H18N2O3. The van der Waals surface area contributed by atoms with E-state index >= 15 is 0 Å². The predicted molar refractivity (Wildman–Crippen MR) is 92.9 cm³/mol. The molecule has 1 amide bonds. The first-order valence-electron chi connectivity index (χ1n) is 8.18. The number of ether oxygens (including phenoxy) is 1. The summed E-state index contributed by atoms with van der Waals surface area (Å²) < 4.78 is 10.9. The lowest BCUT2D eigenvalue weighted by atomic mass is 10.0. The van der Waals surface area contributed by atoms with Gasteiger partial charge in [0.05, 0.1) is 18.7 Å². The second-order valence-electron chi connectivity index (χ2n) is 6.13. The summed E-state index contributed by atoms with van der Waals surface area (Å²) in [7, 11) is 1.76. The van der Waals surface area contributed by atoms with E-state index in [-0.39, 0.29) is 12.0 Å². The Balaban J connectivity index is 1.54. The number of aromatic nitrogens is 1. The normalized spacial score (nSPS) is 15.8. The van der Waals surface area contributed by atoms with Crippen LogP contribution in [0.25, 0.3) is 11.1 Å². The van der Waals surface area contributed by atoms with E-state index in [0.29, 0.717) is 24.4 Å². The first kappa shape index (κ1) is 15.6. The first-order chi connectivity index (χ1) is 12.2. The van der Waals surface area contributed by atoms with Crippen molar-refractivity contribution in [3.05, 3.63) is 77.7 Å². The number of nitrogens with zero attached hydrogens (tertiary/aromatic N) is 2. The molecule has 2 heterocycles. The van der Waals surface area contributed by atoms with E-state index in [1.165, 1.54) is 11.8 Å². The van der Waals surface area contributed by atoms with E-state index in [1.807, 2.05) is 42.5 Å². The highest BCUT2D eigenvalue weighted by Gasteiger charge is 2.28. The van der Waals surface area contributed by atoms with Crippen molar-refractivity contribution in [2.45, 2.75) is 12.7 Å². The lowest BCUT2D eigenvalue weighted by molar-refractivity contribution is 0.0367. The van der Waals surface area contributed by atoms with E-state index < -0.39 is 0 Å². The molecule has 1 atom stereocenters. The van der Waals surface area contributed by atoms with E-state index in [1.54, 1.807) is 11.9 Å². The van der Waals surface area contributed by atoms with Crippen LogP contribution in [0.3, 0.4) is 0 Å². The molecule has 126 valence electrons. The monoisotopic (exact) mass is 334 g/mol. The predicted octanol–water partition coefficient (Wildman–Crippen LogP) is 3.69. The fraction of sp³-hybridized carbons (Fsp3) is 0.200. The van der Waals surface area contributed by atoms with Gasteiger partial charge in [-0.2, -0.15) is 0 Å². The van der Waals surface area contributed by atoms with Gasteiger partial charge in [0.2, 0.25) is 0 Å². The van der Waals surface area contributed by atoms with Crippen molar-refractivity contribution >= 4 is 5.91 Å². The van der Waals surface area contributed by atoms with Crippen molar-refractivity contribution in [1.29, 1.82) is 0 Å². The zero-order chi connectivity index (χ0) is 17.2. The zero-order valence-electron chi connectivity index (χ0n) is 13.9. The van der Waals surface area contributed by atoms with Gasteiger partial charge >= 0.3 is 0 Å². The third kappa shape index (κ3) is 2.94. The molecule has 1 aromatic heterocycles. The van der Waals surface area contributed by atoms with Crippen LogP contribution in [0.15, 0.2) is 65.4 Å². The van der Waals surface area contributed by atoms with Crippen LogP contribution in [-0.4, -0.2) is 29.6 Å². The zero-order valence-corrected chi connectivity index (χ0v) is 13.9. The number of carbonyl (C=O) groups excluding carboxylic acids is 1. The van der Waals surface area contributed by atoms with Gasteiger partial charge in [0.15, 0.2) is 5.69 Å². The van der Waals surface area contributed by atoms with Crippen LogP contribution in [0.4, 0.5) is 0 Å². The maximum atomic E-state index is 12.8. The van der Waals surface area contributed by atoms with Crippen LogP contribution in [0, 0.1) is 0 Å². The number of carbonyl (C=O) groups is 1. The average Bonchev–Trinajstić information content (AvgIpc) is 3.29. The smallest absolute Gasteiger partial charge is 0.276 e. The van der Waals surface area contributed by atoms with Gasteiger partial charge in [-0.1, -0.05) is 59.8 Å². The molecule has 0 aliphatic carbocycles. The minimum atomic E-state index is -0.180. The van der Waals surface area contributed by atoms with E-state index in [4.69, 9.17) is 9.26 Å². The molecule has 1 unspecified atom stereocenters. The second-order valence-corrected chi connectivity index (χ2v) is 6.13. The largest absolute Gasteiger partial charge is 0.367 e. The molecule has 1 aliphatic rings. The van der Waals surface area contributed by atoms with E-state index in [9.17, 15) is 4.79 Å². The highest BCUT2D eigenvalue weighted by molar-refractivity contribution is 5.98. The van der Waals surface area contributed by atoms with Crippen molar-refractivity contribution in [3.63, 3.8) is 0 Å². The number of hydrogen-bond donors (Lipinski definition) is 0.